The number of rotatable bonds is 0. The molecule has 0 saturated carbocycles. The van der Waals surface area contributed by atoms with Gasteiger partial charge >= 0.3 is 0 Å². The number of thioether (sulfide) groups is 1. The molecule has 0 fully saturated rings. The Morgan fingerprint density at radius 2 is 2.07 bits per heavy atom. The van der Waals surface area contributed by atoms with Crippen LogP contribution < -0.4 is 0 Å². The molecule has 1 nitrogen and oxygen atoms in total. The van der Waals surface area contributed by atoms with E-state index in [0.717, 1.165) is 12.2 Å². The molecular weight excluding hydrogens is 204 g/mol. The van der Waals surface area contributed by atoms with Crippen molar-refractivity contribution in [1.82, 2.24) is 0 Å². The maximum Gasteiger partial charge on any atom is 0.0806 e. The maximum atomic E-state index is 10.2. The van der Waals surface area contributed by atoms with Crippen molar-refractivity contribution in [2.75, 3.05) is 0 Å². The van der Waals surface area contributed by atoms with Gasteiger partial charge in [-0.3, -0.25) is 0 Å². The third-order valence-corrected chi connectivity index (χ3v) is 4.27. The molecule has 1 aromatic rings. The fourth-order valence-electron chi connectivity index (χ4n) is 2.40. The lowest BCUT2D eigenvalue weighted by Crippen LogP contribution is -2.05. The average molecular weight is 222 g/mol. The second kappa shape index (κ2) is 4.18. The Kier molecular flexibility index (Phi) is 3.08. The van der Waals surface area contributed by atoms with Crippen LogP contribution in [0.4, 0.5) is 0 Å². The number of aryl methyl sites for hydroxylation is 2. The molecule has 2 atom stereocenters. The summed E-state index contributed by atoms with van der Waals surface area (Å²) in [6, 6.07) is 4.39. The van der Waals surface area contributed by atoms with Crippen LogP contribution in [0.3, 0.4) is 0 Å². The number of fused-ring (bicyclic) bond motifs is 1. The van der Waals surface area contributed by atoms with Crippen molar-refractivity contribution < 1.29 is 5.11 Å². The van der Waals surface area contributed by atoms with Gasteiger partial charge in [-0.05, 0) is 37.0 Å². The molecule has 1 aliphatic heterocycles. The lowest BCUT2D eigenvalue weighted by Gasteiger charge is -2.16. The van der Waals surface area contributed by atoms with Crippen LogP contribution in [0, 0.1) is 13.8 Å². The smallest absolute Gasteiger partial charge is 0.0806 e. The minimum Gasteiger partial charge on any atom is -0.388 e. The average Bonchev–Trinajstić information content (AvgIpc) is 2.25. The highest BCUT2D eigenvalue weighted by Crippen LogP contribution is 2.36. The monoisotopic (exact) mass is 222 g/mol. The van der Waals surface area contributed by atoms with Gasteiger partial charge in [0, 0.05) is 11.0 Å². The van der Waals surface area contributed by atoms with Gasteiger partial charge in [-0.25, -0.2) is 0 Å². The van der Waals surface area contributed by atoms with Crippen molar-refractivity contribution in [3.8, 4) is 0 Å². The first-order chi connectivity index (χ1) is 7.08. The van der Waals surface area contributed by atoms with E-state index in [1.807, 2.05) is 11.8 Å². The van der Waals surface area contributed by atoms with Crippen LogP contribution in [-0.2, 0) is 5.75 Å². The SMILES string of the molecule is Cc1cc(C)c2c(c1)CSC(C)C[C@H]2O. The van der Waals surface area contributed by atoms with Crippen molar-refractivity contribution in [3.63, 3.8) is 0 Å². The molecule has 0 amide bonds. The number of aliphatic hydroxyl groups excluding tert-OH is 1. The van der Waals surface area contributed by atoms with Gasteiger partial charge in [0.05, 0.1) is 6.10 Å². The molecule has 0 aliphatic carbocycles. The summed E-state index contributed by atoms with van der Waals surface area (Å²) in [7, 11) is 0. The molecule has 2 heteroatoms. The van der Waals surface area contributed by atoms with Gasteiger partial charge in [-0.2, -0.15) is 11.8 Å². The zero-order valence-electron chi connectivity index (χ0n) is 9.58. The van der Waals surface area contributed by atoms with E-state index in [4.69, 9.17) is 0 Å². The number of hydrogen-bond donors (Lipinski definition) is 1. The summed E-state index contributed by atoms with van der Waals surface area (Å²) in [5.74, 6) is 1.04. The lowest BCUT2D eigenvalue weighted by molar-refractivity contribution is 0.167. The van der Waals surface area contributed by atoms with Crippen LogP contribution in [0.25, 0.3) is 0 Å². The summed E-state index contributed by atoms with van der Waals surface area (Å²) < 4.78 is 0. The highest BCUT2D eigenvalue weighted by atomic mass is 32.2. The Balaban J connectivity index is 2.48. The number of benzene rings is 1. The lowest BCUT2D eigenvalue weighted by atomic mass is 9.94. The zero-order chi connectivity index (χ0) is 11.0. The molecule has 15 heavy (non-hydrogen) atoms. The topological polar surface area (TPSA) is 20.2 Å². The minimum absolute atomic E-state index is 0.273. The summed E-state index contributed by atoms with van der Waals surface area (Å²) in [5.41, 5.74) is 5.05. The summed E-state index contributed by atoms with van der Waals surface area (Å²) >= 11 is 1.94. The number of hydrogen-bond acceptors (Lipinski definition) is 2. The van der Waals surface area contributed by atoms with Gasteiger partial charge in [0.2, 0.25) is 0 Å². The van der Waals surface area contributed by atoms with E-state index in [-0.39, 0.29) is 6.10 Å². The third-order valence-electron chi connectivity index (χ3n) is 3.03. The molecule has 2 rings (SSSR count). The molecule has 1 aliphatic rings. The standard InChI is InChI=1S/C13H18OS/c1-8-4-9(2)13-11(5-8)7-15-10(3)6-12(13)14/h4-5,10,12,14H,6-7H2,1-3H3/t10?,12-/m1/s1. The van der Waals surface area contributed by atoms with Crippen molar-refractivity contribution in [1.29, 1.82) is 0 Å². The molecule has 0 bridgehead atoms. The summed E-state index contributed by atoms with van der Waals surface area (Å²) in [4.78, 5) is 0. The van der Waals surface area contributed by atoms with Crippen molar-refractivity contribution in [3.05, 3.63) is 34.4 Å². The molecule has 0 radical (unpaired) electrons. The quantitative estimate of drug-likeness (QED) is 0.726. The second-order valence-electron chi connectivity index (χ2n) is 4.53. The van der Waals surface area contributed by atoms with E-state index < -0.39 is 0 Å². The molecule has 1 unspecified atom stereocenters. The van der Waals surface area contributed by atoms with Gasteiger partial charge in [0.1, 0.15) is 0 Å². The van der Waals surface area contributed by atoms with E-state index in [1.54, 1.807) is 0 Å². The highest BCUT2D eigenvalue weighted by Gasteiger charge is 2.22. The first kappa shape index (κ1) is 11.0. The molecule has 1 aromatic carbocycles. The summed E-state index contributed by atoms with van der Waals surface area (Å²) in [6.45, 7) is 6.43. The Bertz CT molecular complexity index is 373. The maximum absolute atomic E-state index is 10.2. The molecule has 0 aromatic heterocycles. The molecule has 82 valence electrons. The van der Waals surface area contributed by atoms with Gasteiger partial charge in [0.15, 0.2) is 0 Å². The Hall–Kier alpha value is -0.470. The van der Waals surface area contributed by atoms with Crippen molar-refractivity contribution in [2.45, 2.75) is 44.3 Å². The van der Waals surface area contributed by atoms with Crippen LogP contribution in [0.15, 0.2) is 12.1 Å². The normalized spacial score (nSPS) is 25.9. The highest BCUT2D eigenvalue weighted by molar-refractivity contribution is 7.99. The molecule has 1 heterocycles. The van der Waals surface area contributed by atoms with E-state index >= 15 is 0 Å². The summed E-state index contributed by atoms with van der Waals surface area (Å²) in [6.07, 6.45) is 0.604. The van der Waals surface area contributed by atoms with Crippen LogP contribution >= 0.6 is 11.8 Å². The van der Waals surface area contributed by atoms with Crippen LogP contribution in [0.5, 0.6) is 0 Å². The van der Waals surface area contributed by atoms with Gasteiger partial charge in [0.25, 0.3) is 0 Å². The first-order valence-electron chi connectivity index (χ1n) is 5.47. The second-order valence-corrected chi connectivity index (χ2v) is 5.95. The van der Waals surface area contributed by atoms with E-state index in [1.165, 1.54) is 22.3 Å². The van der Waals surface area contributed by atoms with Gasteiger partial charge in [-0.1, -0.05) is 24.6 Å². The van der Waals surface area contributed by atoms with Crippen LogP contribution in [0.2, 0.25) is 0 Å². The largest absolute Gasteiger partial charge is 0.388 e. The zero-order valence-corrected chi connectivity index (χ0v) is 10.4. The van der Waals surface area contributed by atoms with E-state index in [2.05, 4.69) is 32.9 Å². The van der Waals surface area contributed by atoms with Crippen LogP contribution in [0.1, 0.15) is 41.7 Å². The van der Waals surface area contributed by atoms with Crippen molar-refractivity contribution in [2.24, 2.45) is 0 Å². The number of aliphatic hydroxyl groups is 1. The predicted molar refractivity (Wildman–Crippen MR) is 66.2 cm³/mol. The van der Waals surface area contributed by atoms with Gasteiger partial charge < -0.3 is 5.11 Å². The summed E-state index contributed by atoms with van der Waals surface area (Å²) in [5, 5.41) is 10.7. The Morgan fingerprint density at radius 3 is 2.80 bits per heavy atom. The van der Waals surface area contributed by atoms with Crippen molar-refractivity contribution >= 4 is 11.8 Å². The van der Waals surface area contributed by atoms with E-state index in [0.29, 0.717) is 5.25 Å². The molecule has 0 spiro atoms. The van der Waals surface area contributed by atoms with Crippen LogP contribution in [-0.4, -0.2) is 10.4 Å². The third kappa shape index (κ3) is 2.21. The molecule has 1 N–H and O–H groups in total. The van der Waals surface area contributed by atoms with Gasteiger partial charge in [-0.15, -0.1) is 0 Å². The van der Waals surface area contributed by atoms with E-state index in [9.17, 15) is 5.11 Å². The molecular formula is C13H18OS. The Morgan fingerprint density at radius 1 is 1.33 bits per heavy atom. The fourth-order valence-corrected chi connectivity index (χ4v) is 3.42. The first-order valence-corrected chi connectivity index (χ1v) is 6.52. The fraction of sp³-hybridized carbons (Fsp3) is 0.538. The Labute approximate surface area is 95.9 Å². The minimum atomic E-state index is -0.273. The molecule has 0 saturated heterocycles. The predicted octanol–water partition coefficient (Wildman–Crippen LogP) is 3.36.